The number of nitrogens with zero attached hydrogens (tertiary/aromatic N) is 1. The zero-order valence-corrected chi connectivity index (χ0v) is 13.3. The van der Waals surface area contributed by atoms with Gasteiger partial charge in [0.05, 0.1) is 10.6 Å². The van der Waals surface area contributed by atoms with E-state index in [4.69, 9.17) is 11.6 Å². The standard InChI is InChI=1S/C15H17ClN2OS/c1-10-7-12(16)11(8-17-10)14(19)18-9-15(2,3)13-5-4-6-20-13/h4-8H,9H2,1-3H3,(H,18,19). The number of carbonyl (C=O) groups excluding carboxylic acids is 1. The van der Waals surface area contributed by atoms with Crippen LogP contribution in [0.4, 0.5) is 0 Å². The lowest BCUT2D eigenvalue weighted by atomic mass is 9.91. The molecule has 2 rings (SSSR count). The molecule has 1 N–H and O–H groups in total. The molecule has 0 unspecified atom stereocenters. The molecule has 1 amide bonds. The van der Waals surface area contributed by atoms with Crippen molar-refractivity contribution in [3.8, 4) is 0 Å². The van der Waals surface area contributed by atoms with E-state index in [0.717, 1.165) is 5.69 Å². The molecular formula is C15H17ClN2OS. The first kappa shape index (κ1) is 15.0. The number of nitrogens with one attached hydrogen (secondary N) is 1. The Balaban J connectivity index is 2.05. The number of hydrogen-bond donors (Lipinski definition) is 1. The second kappa shape index (κ2) is 5.94. The SMILES string of the molecule is Cc1cc(Cl)c(C(=O)NCC(C)(C)c2cccs2)cn1. The van der Waals surface area contributed by atoms with Gasteiger partial charge in [-0.15, -0.1) is 11.3 Å². The minimum atomic E-state index is -0.188. The average molecular weight is 309 g/mol. The number of rotatable bonds is 4. The molecule has 0 aliphatic rings. The highest BCUT2D eigenvalue weighted by atomic mass is 35.5. The third kappa shape index (κ3) is 3.38. The van der Waals surface area contributed by atoms with Gasteiger partial charge in [0.25, 0.3) is 5.91 Å². The molecule has 2 aromatic rings. The summed E-state index contributed by atoms with van der Waals surface area (Å²) in [6.45, 7) is 6.60. The van der Waals surface area contributed by atoms with Crippen molar-refractivity contribution in [2.75, 3.05) is 6.54 Å². The summed E-state index contributed by atoms with van der Waals surface area (Å²) in [4.78, 5) is 17.5. The van der Waals surface area contributed by atoms with Crippen LogP contribution in [0.15, 0.2) is 29.8 Å². The van der Waals surface area contributed by atoms with Crippen LogP contribution in [0, 0.1) is 6.92 Å². The zero-order valence-electron chi connectivity index (χ0n) is 11.7. The molecule has 0 saturated carbocycles. The van der Waals surface area contributed by atoms with Gasteiger partial charge >= 0.3 is 0 Å². The monoisotopic (exact) mass is 308 g/mol. The molecule has 20 heavy (non-hydrogen) atoms. The summed E-state index contributed by atoms with van der Waals surface area (Å²) < 4.78 is 0. The fourth-order valence-corrected chi connectivity index (χ4v) is 2.99. The highest BCUT2D eigenvalue weighted by Crippen LogP contribution is 2.26. The Morgan fingerprint density at radius 1 is 1.50 bits per heavy atom. The molecule has 106 valence electrons. The van der Waals surface area contributed by atoms with Gasteiger partial charge in [-0.1, -0.05) is 31.5 Å². The van der Waals surface area contributed by atoms with E-state index < -0.39 is 0 Å². The van der Waals surface area contributed by atoms with Crippen molar-refractivity contribution in [3.05, 3.63) is 50.9 Å². The van der Waals surface area contributed by atoms with Gasteiger partial charge in [-0.05, 0) is 24.4 Å². The second-order valence-electron chi connectivity index (χ2n) is 5.35. The van der Waals surface area contributed by atoms with Crippen LogP contribution in [-0.2, 0) is 5.41 Å². The second-order valence-corrected chi connectivity index (χ2v) is 6.70. The fourth-order valence-electron chi connectivity index (χ4n) is 1.84. The maximum atomic E-state index is 12.2. The van der Waals surface area contributed by atoms with Gasteiger partial charge in [0, 0.05) is 28.7 Å². The predicted octanol–water partition coefficient (Wildman–Crippen LogP) is 3.81. The van der Waals surface area contributed by atoms with Crippen LogP contribution in [0.25, 0.3) is 0 Å². The number of carbonyl (C=O) groups is 1. The van der Waals surface area contributed by atoms with Crippen molar-refractivity contribution in [3.63, 3.8) is 0 Å². The van der Waals surface area contributed by atoms with Crippen molar-refractivity contribution in [1.29, 1.82) is 0 Å². The van der Waals surface area contributed by atoms with Crippen molar-refractivity contribution in [2.45, 2.75) is 26.2 Å². The molecule has 0 bridgehead atoms. The number of hydrogen-bond acceptors (Lipinski definition) is 3. The summed E-state index contributed by atoms with van der Waals surface area (Å²) in [5.41, 5.74) is 1.11. The van der Waals surface area contributed by atoms with Crippen LogP contribution in [0.5, 0.6) is 0 Å². The van der Waals surface area contributed by atoms with E-state index in [9.17, 15) is 4.79 Å². The number of thiophene rings is 1. The molecule has 5 heteroatoms. The van der Waals surface area contributed by atoms with E-state index in [1.807, 2.05) is 18.4 Å². The van der Waals surface area contributed by atoms with Crippen molar-refractivity contribution < 1.29 is 4.79 Å². The summed E-state index contributed by atoms with van der Waals surface area (Å²) in [6, 6.07) is 5.79. The van der Waals surface area contributed by atoms with Crippen LogP contribution in [0.2, 0.25) is 5.02 Å². The molecule has 2 heterocycles. The van der Waals surface area contributed by atoms with Gasteiger partial charge in [0.2, 0.25) is 0 Å². The molecule has 0 aliphatic carbocycles. The Morgan fingerprint density at radius 3 is 2.85 bits per heavy atom. The summed E-state index contributed by atoms with van der Waals surface area (Å²) in [7, 11) is 0. The highest BCUT2D eigenvalue weighted by molar-refractivity contribution is 7.10. The third-order valence-electron chi connectivity index (χ3n) is 3.11. The van der Waals surface area contributed by atoms with Crippen molar-refractivity contribution >= 4 is 28.8 Å². The maximum Gasteiger partial charge on any atom is 0.254 e. The summed E-state index contributed by atoms with van der Waals surface area (Å²) in [6.07, 6.45) is 1.52. The third-order valence-corrected chi connectivity index (χ3v) is 4.66. The van der Waals surface area contributed by atoms with Gasteiger partial charge in [-0.2, -0.15) is 0 Å². The minimum Gasteiger partial charge on any atom is -0.351 e. The molecular weight excluding hydrogens is 292 g/mol. The van der Waals surface area contributed by atoms with E-state index in [-0.39, 0.29) is 11.3 Å². The largest absolute Gasteiger partial charge is 0.351 e. The first-order chi connectivity index (χ1) is 9.40. The van der Waals surface area contributed by atoms with Crippen molar-refractivity contribution in [2.24, 2.45) is 0 Å². The van der Waals surface area contributed by atoms with Gasteiger partial charge in [-0.25, -0.2) is 0 Å². The molecule has 0 aromatic carbocycles. The van der Waals surface area contributed by atoms with Crippen LogP contribution >= 0.6 is 22.9 Å². The molecule has 0 saturated heterocycles. The number of aromatic nitrogens is 1. The topological polar surface area (TPSA) is 42.0 Å². The molecule has 0 fully saturated rings. The molecule has 0 spiro atoms. The summed E-state index contributed by atoms with van der Waals surface area (Å²) in [5, 5.41) is 5.41. The molecule has 0 aliphatic heterocycles. The number of pyridine rings is 1. The van der Waals surface area contributed by atoms with Crippen molar-refractivity contribution in [1.82, 2.24) is 10.3 Å². The normalized spacial score (nSPS) is 11.4. The first-order valence-electron chi connectivity index (χ1n) is 6.34. The lowest BCUT2D eigenvalue weighted by Crippen LogP contribution is -2.36. The quantitative estimate of drug-likeness (QED) is 0.933. The molecule has 0 atom stereocenters. The molecule has 2 aromatic heterocycles. The Hall–Kier alpha value is -1.39. The average Bonchev–Trinajstić information content (AvgIpc) is 2.90. The molecule has 0 radical (unpaired) electrons. The number of halogens is 1. The van der Waals surface area contributed by atoms with Crippen LogP contribution in [0.3, 0.4) is 0 Å². The lowest BCUT2D eigenvalue weighted by Gasteiger charge is -2.23. The zero-order chi connectivity index (χ0) is 14.8. The van der Waals surface area contributed by atoms with Crippen LogP contribution in [0.1, 0.15) is 34.8 Å². The fraction of sp³-hybridized carbons (Fsp3) is 0.333. The van der Waals surface area contributed by atoms with E-state index >= 15 is 0 Å². The van der Waals surface area contributed by atoms with Gasteiger partial charge in [0.15, 0.2) is 0 Å². The first-order valence-corrected chi connectivity index (χ1v) is 7.60. The lowest BCUT2D eigenvalue weighted by molar-refractivity contribution is 0.0945. The van der Waals surface area contributed by atoms with E-state index in [1.165, 1.54) is 11.1 Å². The van der Waals surface area contributed by atoms with E-state index in [1.54, 1.807) is 17.4 Å². The van der Waals surface area contributed by atoms with E-state index in [2.05, 4.69) is 30.2 Å². The predicted molar refractivity (Wildman–Crippen MR) is 83.7 cm³/mol. The Bertz CT molecular complexity index is 608. The van der Waals surface area contributed by atoms with Crippen LogP contribution < -0.4 is 5.32 Å². The number of aryl methyl sites for hydroxylation is 1. The Morgan fingerprint density at radius 2 is 2.25 bits per heavy atom. The number of amides is 1. The minimum absolute atomic E-state index is 0.103. The smallest absolute Gasteiger partial charge is 0.254 e. The van der Waals surface area contributed by atoms with Gasteiger partial charge in [0.1, 0.15) is 0 Å². The van der Waals surface area contributed by atoms with Gasteiger partial charge < -0.3 is 5.32 Å². The Labute approximate surface area is 128 Å². The Kier molecular flexibility index (Phi) is 4.45. The maximum absolute atomic E-state index is 12.2. The summed E-state index contributed by atoms with van der Waals surface area (Å²) >= 11 is 7.77. The highest BCUT2D eigenvalue weighted by Gasteiger charge is 2.23. The van der Waals surface area contributed by atoms with E-state index in [0.29, 0.717) is 17.1 Å². The molecule has 3 nitrogen and oxygen atoms in total. The van der Waals surface area contributed by atoms with Gasteiger partial charge in [-0.3, -0.25) is 9.78 Å². The summed E-state index contributed by atoms with van der Waals surface area (Å²) in [5.74, 6) is -0.188. The van der Waals surface area contributed by atoms with Crippen LogP contribution in [-0.4, -0.2) is 17.4 Å².